The van der Waals surface area contributed by atoms with Crippen LogP contribution in [-0.2, 0) is 9.59 Å². The summed E-state index contributed by atoms with van der Waals surface area (Å²) in [5, 5.41) is 11.7. The third-order valence-electron chi connectivity index (χ3n) is 4.98. The second kappa shape index (κ2) is 6.27. The molecule has 0 radical (unpaired) electrons. The molecule has 2 fully saturated rings. The fourth-order valence-electron chi connectivity index (χ4n) is 3.91. The van der Waals surface area contributed by atoms with E-state index in [0.717, 1.165) is 12.3 Å². The number of nitriles is 1. The van der Waals surface area contributed by atoms with Crippen LogP contribution < -0.4 is 5.32 Å². The maximum atomic E-state index is 12.3. The molecule has 5 heteroatoms. The van der Waals surface area contributed by atoms with Crippen LogP contribution in [0.15, 0.2) is 24.4 Å². The minimum Gasteiger partial charge on any atom is -0.309 e. The molecule has 1 amide bonds. The van der Waals surface area contributed by atoms with Gasteiger partial charge in [0.05, 0.1) is 6.07 Å². The molecule has 1 aromatic heterocycles. The van der Waals surface area contributed by atoms with Gasteiger partial charge < -0.3 is 5.32 Å². The van der Waals surface area contributed by atoms with E-state index in [-0.39, 0.29) is 5.78 Å². The number of hydrogen-bond acceptors (Lipinski definition) is 4. The van der Waals surface area contributed by atoms with Crippen molar-refractivity contribution < 1.29 is 9.59 Å². The summed E-state index contributed by atoms with van der Waals surface area (Å²) in [6.07, 6.45) is 6.67. The number of amides is 1. The summed E-state index contributed by atoms with van der Waals surface area (Å²) in [5.41, 5.74) is 0. The molecule has 3 rings (SSSR count). The zero-order valence-corrected chi connectivity index (χ0v) is 12.4. The molecular formula is C17H19N3O2. The number of rotatable bonds is 5. The Kier molecular flexibility index (Phi) is 4.19. The number of pyridine rings is 1. The predicted octanol–water partition coefficient (Wildman–Crippen LogP) is 2.56. The van der Waals surface area contributed by atoms with Crippen molar-refractivity contribution in [3.63, 3.8) is 0 Å². The fourth-order valence-corrected chi connectivity index (χ4v) is 3.91. The lowest BCUT2D eigenvalue weighted by Gasteiger charge is -2.21. The molecule has 0 aliphatic heterocycles. The average Bonchev–Trinajstić information content (AvgIpc) is 3.11. The number of carbonyl (C=O) groups is 2. The minimum atomic E-state index is -1.24. The maximum Gasteiger partial charge on any atom is 0.250 e. The smallest absolute Gasteiger partial charge is 0.250 e. The van der Waals surface area contributed by atoms with E-state index >= 15 is 0 Å². The third-order valence-corrected chi connectivity index (χ3v) is 4.98. The van der Waals surface area contributed by atoms with Crippen molar-refractivity contribution in [1.82, 2.24) is 4.98 Å². The van der Waals surface area contributed by atoms with Gasteiger partial charge >= 0.3 is 0 Å². The van der Waals surface area contributed by atoms with Crippen LogP contribution in [0, 0.1) is 35.0 Å². The molecule has 4 atom stereocenters. The van der Waals surface area contributed by atoms with Crippen molar-refractivity contribution in [1.29, 1.82) is 5.26 Å². The minimum absolute atomic E-state index is 0.256. The SMILES string of the molecule is N#C[C@@H](C(=O)C[C@H]1C[C@H]2CC[C@H]1C2)C(=O)Nc1ccccn1. The highest BCUT2D eigenvalue weighted by molar-refractivity contribution is 6.09. The molecule has 0 unspecified atom stereocenters. The molecule has 2 saturated carbocycles. The van der Waals surface area contributed by atoms with Gasteiger partial charge in [-0.05, 0) is 49.1 Å². The number of hydrogen-bond donors (Lipinski definition) is 1. The lowest BCUT2D eigenvalue weighted by molar-refractivity contribution is -0.129. The molecule has 2 aliphatic rings. The maximum absolute atomic E-state index is 12.3. The number of anilines is 1. The number of nitrogens with zero attached hydrogens (tertiary/aromatic N) is 2. The molecule has 22 heavy (non-hydrogen) atoms. The first kappa shape index (κ1) is 14.7. The van der Waals surface area contributed by atoms with Crippen molar-refractivity contribution in [2.75, 3.05) is 5.32 Å². The van der Waals surface area contributed by atoms with Gasteiger partial charge in [-0.2, -0.15) is 5.26 Å². The van der Waals surface area contributed by atoms with Crippen LogP contribution in [0.25, 0.3) is 0 Å². The van der Waals surface area contributed by atoms with E-state index in [2.05, 4.69) is 10.3 Å². The van der Waals surface area contributed by atoms with Crippen molar-refractivity contribution in [2.45, 2.75) is 32.1 Å². The number of nitrogens with one attached hydrogen (secondary N) is 1. The topological polar surface area (TPSA) is 82.8 Å². The van der Waals surface area contributed by atoms with E-state index in [1.165, 1.54) is 19.3 Å². The van der Waals surface area contributed by atoms with Crippen LogP contribution in [0.2, 0.25) is 0 Å². The second-order valence-corrected chi connectivity index (χ2v) is 6.37. The van der Waals surface area contributed by atoms with Gasteiger partial charge in [-0.25, -0.2) is 4.98 Å². The quantitative estimate of drug-likeness (QED) is 0.847. The summed E-state index contributed by atoms with van der Waals surface area (Å²) in [6.45, 7) is 0. The highest BCUT2D eigenvalue weighted by Crippen LogP contribution is 2.49. The molecule has 1 aromatic rings. The van der Waals surface area contributed by atoms with Crippen LogP contribution >= 0.6 is 0 Å². The van der Waals surface area contributed by atoms with Crippen LogP contribution in [0.3, 0.4) is 0 Å². The summed E-state index contributed by atoms with van der Waals surface area (Å²) in [5.74, 6) is 0.0343. The Hall–Kier alpha value is -2.22. The van der Waals surface area contributed by atoms with Crippen LogP contribution in [0.1, 0.15) is 32.1 Å². The van der Waals surface area contributed by atoms with Gasteiger partial charge in [-0.15, -0.1) is 0 Å². The normalized spacial score (nSPS) is 27.1. The highest BCUT2D eigenvalue weighted by Gasteiger charge is 2.41. The molecule has 0 spiro atoms. The fraction of sp³-hybridized carbons (Fsp3) is 0.529. The Balaban J connectivity index is 1.59. The van der Waals surface area contributed by atoms with Gasteiger partial charge in [0.1, 0.15) is 5.82 Å². The summed E-state index contributed by atoms with van der Waals surface area (Å²) in [6, 6.07) is 6.95. The van der Waals surface area contributed by atoms with E-state index in [4.69, 9.17) is 0 Å². The summed E-state index contributed by atoms with van der Waals surface area (Å²) >= 11 is 0. The molecule has 114 valence electrons. The summed E-state index contributed by atoms with van der Waals surface area (Å²) in [7, 11) is 0. The Bertz CT molecular complexity index is 608. The van der Waals surface area contributed by atoms with E-state index in [0.29, 0.717) is 24.1 Å². The molecule has 0 aromatic carbocycles. The van der Waals surface area contributed by atoms with Crippen LogP contribution in [-0.4, -0.2) is 16.7 Å². The van der Waals surface area contributed by atoms with Crippen LogP contribution in [0.5, 0.6) is 0 Å². The van der Waals surface area contributed by atoms with Crippen molar-refractivity contribution in [2.24, 2.45) is 23.7 Å². The largest absolute Gasteiger partial charge is 0.309 e. The first-order valence-electron chi connectivity index (χ1n) is 7.81. The Labute approximate surface area is 129 Å². The zero-order chi connectivity index (χ0) is 15.5. The predicted molar refractivity (Wildman–Crippen MR) is 80.5 cm³/mol. The molecule has 1 heterocycles. The summed E-state index contributed by atoms with van der Waals surface area (Å²) < 4.78 is 0. The van der Waals surface area contributed by atoms with Crippen molar-refractivity contribution in [3.05, 3.63) is 24.4 Å². The van der Waals surface area contributed by atoms with Crippen molar-refractivity contribution >= 4 is 17.5 Å². The molecular weight excluding hydrogens is 278 g/mol. The van der Waals surface area contributed by atoms with E-state index in [1.807, 2.05) is 6.07 Å². The molecule has 0 saturated heterocycles. The Morgan fingerprint density at radius 2 is 2.23 bits per heavy atom. The number of Topliss-reactive ketones (excluding diaryl/α,β-unsaturated/α-hetero) is 1. The zero-order valence-electron chi connectivity index (χ0n) is 12.4. The average molecular weight is 297 g/mol. The molecule has 5 nitrogen and oxygen atoms in total. The van der Waals surface area contributed by atoms with Gasteiger partial charge in [-0.1, -0.05) is 12.5 Å². The molecule has 2 bridgehead atoms. The Morgan fingerprint density at radius 1 is 1.36 bits per heavy atom. The monoisotopic (exact) mass is 297 g/mol. The van der Waals surface area contributed by atoms with Gasteiger partial charge in [0, 0.05) is 12.6 Å². The van der Waals surface area contributed by atoms with Gasteiger partial charge in [0.15, 0.2) is 11.7 Å². The first-order chi connectivity index (χ1) is 10.7. The first-order valence-corrected chi connectivity index (χ1v) is 7.81. The Morgan fingerprint density at radius 3 is 2.82 bits per heavy atom. The van der Waals surface area contributed by atoms with Crippen molar-refractivity contribution in [3.8, 4) is 6.07 Å². The number of aromatic nitrogens is 1. The van der Waals surface area contributed by atoms with E-state index in [9.17, 15) is 14.9 Å². The number of carbonyl (C=O) groups excluding carboxylic acids is 2. The number of fused-ring (bicyclic) bond motifs is 2. The van der Waals surface area contributed by atoms with Gasteiger partial charge in [0.25, 0.3) is 5.91 Å². The lowest BCUT2D eigenvalue weighted by Crippen LogP contribution is -2.30. The molecule has 2 aliphatic carbocycles. The van der Waals surface area contributed by atoms with Gasteiger partial charge in [0.2, 0.25) is 0 Å². The standard InChI is InChI=1S/C17H19N3O2/c18-10-14(17(22)20-16-3-1-2-6-19-16)15(21)9-13-8-11-4-5-12(13)7-11/h1-3,6,11-14H,4-5,7-9H2,(H,19,20,22)/t11-,12-,13+,14-/m0/s1. The lowest BCUT2D eigenvalue weighted by atomic mass is 9.83. The highest BCUT2D eigenvalue weighted by atomic mass is 16.2. The number of ketones is 1. The molecule has 1 N–H and O–H groups in total. The van der Waals surface area contributed by atoms with E-state index < -0.39 is 11.8 Å². The van der Waals surface area contributed by atoms with Crippen LogP contribution in [0.4, 0.5) is 5.82 Å². The summed E-state index contributed by atoms with van der Waals surface area (Å²) in [4.78, 5) is 28.4. The van der Waals surface area contributed by atoms with E-state index in [1.54, 1.807) is 24.4 Å². The third kappa shape index (κ3) is 3.01. The van der Waals surface area contributed by atoms with Gasteiger partial charge in [-0.3, -0.25) is 9.59 Å². The second-order valence-electron chi connectivity index (χ2n) is 6.37.